The Kier molecular flexibility index (Phi) is 4.89. The van der Waals surface area contributed by atoms with Gasteiger partial charge >= 0.3 is 0 Å². The molecule has 1 aromatic heterocycles. The third-order valence-corrected chi connectivity index (χ3v) is 5.38. The smallest absolute Gasteiger partial charge is 0.221 e. The molecule has 1 aliphatic heterocycles. The minimum absolute atomic E-state index is 0.109. The number of fused-ring (bicyclic) bond motifs is 1. The molecule has 0 saturated heterocycles. The Labute approximate surface area is 154 Å². The monoisotopic (exact) mass is 351 g/mol. The number of carbonyl (C=O) groups excluding carboxylic acids is 1. The van der Waals surface area contributed by atoms with Gasteiger partial charge in [0, 0.05) is 32.1 Å². The largest absolute Gasteiger partial charge is 0.439 e. The normalized spacial score (nSPS) is 17.7. The molecule has 1 aromatic carbocycles. The van der Waals surface area contributed by atoms with E-state index in [1.165, 1.54) is 43.9 Å². The number of nitrogens with zero attached hydrogens (tertiary/aromatic N) is 2. The van der Waals surface area contributed by atoms with Crippen LogP contribution in [0.1, 0.15) is 37.3 Å². The van der Waals surface area contributed by atoms with Gasteiger partial charge in [0.25, 0.3) is 0 Å². The van der Waals surface area contributed by atoms with Gasteiger partial charge in [0.15, 0.2) is 0 Å². The zero-order chi connectivity index (χ0) is 17.9. The van der Waals surface area contributed by atoms with Gasteiger partial charge in [-0.1, -0.05) is 12.5 Å². The van der Waals surface area contributed by atoms with E-state index in [9.17, 15) is 4.79 Å². The summed E-state index contributed by atoms with van der Waals surface area (Å²) in [5, 5.41) is 2.70. The molecule has 1 aliphatic carbocycles. The van der Waals surface area contributed by atoms with Crippen molar-refractivity contribution in [3.63, 3.8) is 0 Å². The first-order valence-corrected chi connectivity index (χ1v) is 9.45. The lowest BCUT2D eigenvalue weighted by molar-refractivity contribution is -0.114. The van der Waals surface area contributed by atoms with Crippen molar-refractivity contribution in [1.29, 1.82) is 0 Å². The van der Waals surface area contributed by atoms with E-state index in [1.807, 2.05) is 6.07 Å². The van der Waals surface area contributed by atoms with E-state index in [0.29, 0.717) is 11.6 Å². The molecule has 0 bridgehead atoms. The highest BCUT2D eigenvalue weighted by molar-refractivity contribution is 5.88. The lowest BCUT2D eigenvalue weighted by Gasteiger charge is -2.36. The van der Waals surface area contributed by atoms with Crippen LogP contribution in [0, 0.1) is 0 Å². The first kappa shape index (κ1) is 17.0. The second kappa shape index (κ2) is 7.46. The van der Waals surface area contributed by atoms with E-state index in [4.69, 9.17) is 4.74 Å². The molecule has 1 saturated carbocycles. The zero-order valence-corrected chi connectivity index (χ0v) is 15.2. The van der Waals surface area contributed by atoms with Crippen LogP contribution in [-0.4, -0.2) is 34.9 Å². The highest BCUT2D eigenvalue weighted by atomic mass is 16.5. The van der Waals surface area contributed by atoms with Gasteiger partial charge in [-0.15, -0.1) is 0 Å². The second-order valence-corrected chi connectivity index (χ2v) is 7.22. The molecule has 0 atom stereocenters. The SMILES string of the molecule is CC(=O)Nc1ccc(Oc2ccc3c(c2)CCN(C2CCC2)CC3)nc1. The predicted octanol–water partition coefficient (Wildman–Crippen LogP) is 3.79. The van der Waals surface area contributed by atoms with Gasteiger partial charge in [-0.05, 0) is 55.0 Å². The third kappa shape index (κ3) is 3.88. The van der Waals surface area contributed by atoms with Crippen molar-refractivity contribution in [2.45, 2.75) is 45.1 Å². The fourth-order valence-corrected chi connectivity index (χ4v) is 3.74. The molecule has 0 unspecified atom stereocenters. The molecule has 4 rings (SSSR count). The summed E-state index contributed by atoms with van der Waals surface area (Å²) < 4.78 is 5.91. The summed E-state index contributed by atoms with van der Waals surface area (Å²) in [6.07, 6.45) is 7.93. The molecule has 1 N–H and O–H groups in total. The quantitative estimate of drug-likeness (QED) is 0.911. The van der Waals surface area contributed by atoms with E-state index in [1.54, 1.807) is 18.3 Å². The minimum atomic E-state index is -0.109. The van der Waals surface area contributed by atoms with Gasteiger partial charge in [-0.2, -0.15) is 0 Å². The summed E-state index contributed by atoms with van der Waals surface area (Å²) in [6.45, 7) is 3.79. The maximum Gasteiger partial charge on any atom is 0.221 e. The number of anilines is 1. The van der Waals surface area contributed by atoms with Crippen molar-refractivity contribution >= 4 is 11.6 Å². The van der Waals surface area contributed by atoms with Crippen LogP contribution in [0.2, 0.25) is 0 Å². The van der Waals surface area contributed by atoms with E-state index in [-0.39, 0.29) is 5.91 Å². The predicted molar refractivity (Wildman–Crippen MR) is 102 cm³/mol. The summed E-state index contributed by atoms with van der Waals surface area (Å²) >= 11 is 0. The lowest BCUT2D eigenvalue weighted by atomic mass is 9.91. The molecule has 0 spiro atoms. The number of aromatic nitrogens is 1. The van der Waals surface area contributed by atoms with Crippen molar-refractivity contribution in [3.8, 4) is 11.6 Å². The number of ether oxygens (including phenoxy) is 1. The van der Waals surface area contributed by atoms with Crippen molar-refractivity contribution in [1.82, 2.24) is 9.88 Å². The van der Waals surface area contributed by atoms with Crippen LogP contribution in [-0.2, 0) is 17.6 Å². The molecule has 2 aliphatic rings. The highest BCUT2D eigenvalue weighted by Crippen LogP contribution is 2.29. The van der Waals surface area contributed by atoms with Gasteiger partial charge in [0.2, 0.25) is 11.8 Å². The Balaban J connectivity index is 1.42. The van der Waals surface area contributed by atoms with Crippen LogP contribution < -0.4 is 10.1 Å². The summed E-state index contributed by atoms with van der Waals surface area (Å²) in [4.78, 5) is 18.0. The van der Waals surface area contributed by atoms with Crippen molar-refractivity contribution in [2.75, 3.05) is 18.4 Å². The number of hydrogen-bond donors (Lipinski definition) is 1. The fraction of sp³-hybridized carbons (Fsp3) is 0.429. The van der Waals surface area contributed by atoms with Crippen LogP contribution in [0.15, 0.2) is 36.5 Å². The molecular weight excluding hydrogens is 326 g/mol. The number of nitrogens with one attached hydrogen (secondary N) is 1. The van der Waals surface area contributed by atoms with E-state index in [2.05, 4.69) is 27.3 Å². The van der Waals surface area contributed by atoms with Crippen LogP contribution in [0.5, 0.6) is 11.6 Å². The number of hydrogen-bond acceptors (Lipinski definition) is 4. The molecular formula is C21H25N3O2. The molecule has 136 valence electrons. The molecule has 5 nitrogen and oxygen atoms in total. The topological polar surface area (TPSA) is 54.5 Å². The van der Waals surface area contributed by atoms with Gasteiger partial charge < -0.3 is 10.1 Å². The van der Waals surface area contributed by atoms with Gasteiger partial charge in [0.1, 0.15) is 5.75 Å². The summed E-state index contributed by atoms with van der Waals surface area (Å²) in [7, 11) is 0. The van der Waals surface area contributed by atoms with E-state index in [0.717, 1.165) is 31.2 Å². The third-order valence-electron chi connectivity index (χ3n) is 5.38. The Morgan fingerprint density at radius 1 is 1.15 bits per heavy atom. The van der Waals surface area contributed by atoms with Gasteiger partial charge in [-0.25, -0.2) is 4.98 Å². The second-order valence-electron chi connectivity index (χ2n) is 7.22. The fourth-order valence-electron chi connectivity index (χ4n) is 3.74. The Morgan fingerprint density at radius 2 is 1.96 bits per heavy atom. The van der Waals surface area contributed by atoms with Crippen molar-refractivity contribution in [3.05, 3.63) is 47.7 Å². The molecule has 2 heterocycles. The average molecular weight is 351 g/mol. The van der Waals surface area contributed by atoms with Gasteiger partial charge in [0.05, 0.1) is 11.9 Å². The maximum atomic E-state index is 11.1. The molecule has 1 amide bonds. The first-order chi connectivity index (χ1) is 12.7. The van der Waals surface area contributed by atoms with Crippen molar-refractivity contribution in [2.24, 2.45) is 0 Å². The molecule has 2 aromatic rings. The Morgan fingerprint density at radius 3 is 2.62 bits per heavy atom. The van der Waals surface area contributed by atoms with Gasteiger partial charge in [-0.3, -0.25) is 9.69 Å². The molecule has 5 heteroatoms. The van der Waals surface area contributed by atoms with Crippen LogP contribution in [0.3, 0.4) is 0 Å². The lowest BCUT2D eigenvalue weighted by Crippen LogP contribution is -2.41. The molecule has 0 radical (unpaired) electrons. The van der Waals surface area contributed by atoms with Crippen LogP contribution >= 0.6 is 0 Å². The summed E-state index contributed by atoms with van der Waals surface area (Å²) in [5.74, 6) is 1.24. The highest BCUT2D eigenvalue weighted by Gasteiger charge is 2.26. The Hall–Kier alpha value is -2.40. The van der Waals surface area contributed by atoms with E-state index >= 15 is 0 Å². The number of carbonyl (C=O) groups is 1. The Bertz CT molecular complexity index is 784. The summed E-state index contributed by atoms with van der Waals surface area (Å²) in [6, 6.07) is 10.8. The molecule has 26 heavy (non-hydrogen) atoms. The maximum absolute atomic E-state index is 11.1. The standard InChI is InChI=1S/C21H25N3O2/c1-15(25)23-18-6-8-21(22-14-18)26-20-7-5-16-9-11-24(19-3-2-4-19)12-10-17(16)13-20/h5-8,13-14,19H,2-4,9-12H2,1H3,(H,23,25). The van der Waals surface area contributed by atoms with Crippen LogP contribution in [0.4, 0.5) is 5.69 Å². The van der Waals surface area contributed by atoms with Crippen LogP contribution in [0.25, 0.3) is 0 Å². The minimum Gasteiger partial charge on any atom is -0.439 e. The number of amides is 1. The van der Waals surface area contributed by atoms with E-state index < -0.39 is 0 Å². The number of pyridine rings is 1. The molecule has 1 fully saturated rings. The summed E-state index contributed by atoms with van der Waals surface area (Å²) in [5.41, 5.74) is 3.50. The number of benzene rings is 1. The first-order valence-electron chi connectivity index (χ1n) is 9.45. The average Bonchev–Trinajstić information content (AvgIpc) is 2.77. The van der Waals surface area contributed by atoms with Crippen molar-refractivity contribution < 1.29 is 9.53 Å². The zero-order valence-electron chi connectivity index (χ0n) is 15.2. The number of rotatable bonds is 4.